The molecule has 2 aromatic heterocycles. The van der Waals surface area contributed by atoms with Crippen LogP contribution in [0.5, 0.6) is 0 Å². The summed E-state index contributed by atoms with van der Waals surface area (Å²) in [5, 5.41) is 4.02. The molecule has 3 rings (SSSR count). The van der Waals surface area contributed by atoms with Crippen molar-refractivity contribution in [2.24, 2.45) is 0 Å². The Balaban J connectivity index is 1.96. The molecule has 1 fully saturated rings. The van der Waals surface area contributed by atoms with Crippen LogP contribution in [-0.4, -0.2) is 27.5 Å². The third-order valence-corrected chi connectivity index (χ3v) is 3.54. The van der Waals surface area contributed by atoms with E-state index in [0.717, 1.165) is 18.9 Å². The summed E-state index contributed by atoms with van der Waals surface area (Å²) in [5.74, 6) is -4.96. The van der Waals surface area contributed by atoms with Gasteiger partial charge in [0.05, 0.1) is 11.8 Å². The van der Waals surface area contributed by atoms with Gasteiger partial charge < -0.3 is 4.74 Å². The molecule has 0 N–H and O–H groups in total. The lowest BCUT2D eigenvalue weighted by Crippen LogP contribution is -2.33. The van der Waals surface area contributed by atoms with Crippen molar-refractivity contribution < 1.29 is 26.7 Å². The van der Waals surface area contributed by atoms with Gasteiger partial charge in [0.1, 0.15) is 17.3 Å². The summed E-state index contributed by atoms with van der Waals surface area (Å²) >= 11 is 0. The van der Waals surface area contributed by atoms with Gasteiger partial charge in [-0.1, -0.05) is 0 Å². The molecule has 3 heterocycles. The van der Waals surface area contributed by atoms with Crippen molar-refractivity contribution in [3.05, 3.63) is 24.0 Å². The zero-order valence-corrected chi connectivity index (χ0v) is 11.3. The second-order valence-corrected chi connectivity index (χ2v) is 5.13. The van der Waals surface area contributed by atoms with Crippen LogP contribution in [0.1, 0.15) is 31.1 Å². The Morgan fingerprint density at radius 3 is 2.55 bits per heavy atom. The number of pyridine rings is 1. The molecule has 1 aliphatic rings. The number of ether oxygens (including phenoxy) is 1. The monoisotopic (exact) mass is 321 g/mol. The third-order valence-electron chi connectivity index (χ3n) is 3.54. The van der Waals surface area contributed by atoms with E-state index < -0.39 is 17.7 Å². The standard InChI is InChI=1S/C13H12F5N3O/c14-12(15,13(16,17)18)8-5-9-10(19-6-8)7-21(20-9)11-3-1-2-4-22-11/h5-7,11H,1-4H2. The number of rotatable bonds is 2. The topological polar surface area (TPSA) is 39.9 Å². The van der Waals surface area contributed by atoms with Gasteiger partial charge in [-0.3, -0.25) is 4.98 Å². The zero-order valence-electron chi connectivity index (χ0n) is 11.3. The molecule has 9 heteroatoms. The van der Waals surface area contributed by atoms with Crippen LogP contribution >= 0.6 is 0 Å². The van der Waals surface area contributed by atoms with Gasteiger partial charge in [-0.25, -0.2) is 4.68 Å². The fourth-order valence-electron chi connectivity index (χ4n) is 2.34. The summed E-state index contributed by atoms with van der Waals surface area (Å²) < 4.78 is 70.7. The van der Waals surface area contributed by atoms with Crippen molar-refractivity contribution in [2.45, 2.75) is 37.6 Å². The quantitative estimate of drug-likeness (QED) is 0.790. The Hall–Kier alpha value is -1.77. The highest BCUT2D eigenvalue weighted by molar-refractivity contribution is 5.74. The highest BCUT2D eigenvalue weighted by atomic mass is 19.4. The second kappa shape index (κ2) is 5.15. The number of fused-ring (bicyclic) bond motifs is 1. The van der Waals surface area contributed by atoms with E-state index in [1.807, 2.05) is 0 Å². The molecular weight excluding hydrogens is 309 g/mol. The first-order chi connectivity index (χ1) is 10.3. The predicted molar refractivity (Wildman–Crippen MR) is 66.3 cm³/mol. The average molecular weight is 321 g/mol. The van der Waals surface area contributed by atoms with Crippen molar-refractivity contribution >= 4 is 11.0 Å². The summed E-state index contributed by atoms with van der Waals surface area (Å²) in [6, 6.07) is 0.717. The lowest BCUT2D eigenvalue weighted by atomic mass is 10.1. The molecule has 0 bridgehead atoms. The lowest BCUT2D eigenvalue weighted by Gasteiger charge is -2.22. The smallest absolute Gasteiger partial charge is 0.357 e. The summed E-state index contributed by atoms with van der Waals surface area (Å²) in [6.07, 6.45) is -1.42. The van der Waals surface area contributed by atoms with Crippen LogP contribution in [0, 0.1) is 0 Å². The first-order valence-corrected chi connectivity index (χ1v) is 6.70. The Kier molecular flexibility index (Phi) is 3.54. The lowest BCUT2D eigenvalue weighted by molar-refractivity contribution is -0.289. The predicted octanol–water partition coefficient (Wildman–Crippen LogP) is 3.78. The van der Waals surface area contributed by atoms with Crippen LogP contribution < -0.4 is 0 Å². The second-order valence-electron chi connectivity index (χ2n) is 5.13. The Morgan fingerprint density at radius 2 is 1.91 bits per heavy atom. The molecule has 0 amide bonds. The van der Waals surface area contributed by atoms with Gasteiger partial charge >= 0.3 is 12.1 Å². The van der Waals surface area contributed by atoms with Gasteiger partial charge in [0.25, 0.3) is 0 Å². The molecule has 4 nitrogen and oxygen atoms in total. The molecule has 0 saturated carbocycles. The molecule has 1 aliphatic heterocycles. The number of halogens is 5. The maximum Gasteiger partial charge on any atom is 0.458 e. The van der Waals surface area contributed by atoms with E-state index in [1.54, 1.807) is 0 Å². The van der Waals surface area contributed by atoms with Gasteiger partial charge in [-0.05, 0) is 25.3 Å². The SMILES string of the molecule is FC(F)(F)C(F)(F)c1cnc2cn(C3CCCCO3)nc2c1. The molecule has 120 valence electrons. The Labute approximate surface area is 121 Å². The summed E-state index contributed by atoms with van der Waals surface area (Å²) in [5.41, 5.74) is -0.992. The van der Waals surface area contributed by atoms with Crippen LogP contribution in [-0.2, 0) is 10.7 Å². The summed E-state index contributed by atoms with van der Waals surface area (Å²) in [6.45, 7) is 0.561. The molecule has 1 unspecified atom stereocenters. The zero-order chi connectivity index (χ0) is 16.0. The largest absolute Gasteiger partial charge is 0.458 e. The number of hydrogen-bond acceptors (Lipinski definition) is 3. The first kappa shape index (κ1) is 15.1. The fourth-order valence-corrected chi connectivity index (χ4v) is 2.34. The van der Waals surface area contributed by atoms with Crippen molar-refractivity contribution in [2.75, 3.05) is 6.61 Å². The maximum atomic E-state index is 13.3. The molecule has 0 radical (unpaired) electrons. The number of aromatic nitrogens is 3. The molecular formula is C13H12F5N3O. The molecule has 1 saturated heterocycles. The highest BCUT2D eigenvalue weighted by Crippen LogP contribution is 2.44. The Morgan fingerprint density at radius 1 is 1.14 bits per heavy atom. The van der Waals surface area contributed by atoms with E-state index in [2.05, 4.69) is 10.1 Å². The summed E-state index contributed by atoms with van der Waals surface area (Å²) in [4.78, 5) is 3.66. The minimum absolute atomic E-state index is 0.0180. The van der Waals surface area contributed by atoms with Gasteiger partial charge in [0.15, 0.2) is 0 Å². The third kappa shape index (κ3) is 2.53. The van der Waals surface area contributed by atoms with E-state index in [1.165, 1.54) is 10.9 Å². The molecule has 2 aromatic rings. The fraction of sp³-hybridized carbons (Fsp3) is 0.538. The van der Waals surface area contributed by atoms with Gasteiger partial charge in [0.2, 0.25) is 0 Å². The van der Waals surface area contributed by atoms with Gasteiger partial charge in [-0.15, -0.1) is 0 Å². The van der Waals surface area contributed by atoms with Gasteiger partial charge in [-0.2, -0.15) is 27.1 Å². The normalized spacial score (nSPS) is 20.5. The van der Waals surface area contributed by atoms with E-state index in [-0.39, 0.29) is 17.3 Å². The van der Waals surface area contributed by atoms with Crippen LogP contribution in [0.3, 0.4) is 0 Å². The minimum Gasteiger partial charge on any atom is -0.357 e. The number of alkyl halides is 5. The van der Waals surface area contributed by atoms with Crippen molar-refractivity contribution in [3.63, 3.8) is 0 Å². The van der Waals surface area contributed by atoms with Gasteiger partial charge in [0, 0.05) is 12.8 Å². The summed E-state index contributed by atoms with van der Waals surface area (Å²) in [7, 11) is 0. The molecule has 0 spiro atoms. The van der Waals surface area contributed by atoms with Crippen LogP contribution in [0.2, 0.25) is 0 Å². The maximum absolute atomic E-state index is 13.3. The number of nitrogens with zero attached hydrogens (tertiary/aromatic N) is 3. The molecule has 0 aromatic carbocycles. The van der Waals surface area contributed by atoms with Crippen LogP contribution in [0.25, 0.3) is 11.0 Å². The molecule has 1 atom stereocenters. The minimum atomic E-state index is -5.67. The van der Waals surface area contributed by atoms with E-state index in [4.69, 9.17) is 4.74 Å². The van der Waals surface area contributed by atoms with Crippen molar-refractivity contribution in [1.82, 2.24) is 14.8 Å². The average Bonchev–Trinajstić information content (AvgIpc) is 2.90. The van der Waals surface area contributed by atoms with E-state index >= 15 is 0 Å². The Bertz CT molecular complexity index is 676. The van der Waals surface area contributed by atoms with E-state index in [0.29, 0.717) is 19.2 Å². The van der Waals surface area contributed by atoms with Crippen LogP contribution in [0.4, 0.5) is 22.0 Å². The van der Waals surface area contributed by atoms with E-state index in [9.17, 15) is 22.0 Å². The molecule has 22 heavy (non-hydrogen) atoms. The number of hydrogen-bond donors (Lipinski definition) is 0. The van der Waals surface area contributed by atoms with Crippen LogP contribution in [0.15, 0.2) is 18.5 Å². The van der Waals surface area contributed by atoms with Crippen molar-refractivity contribution in [1.29, 1.82) is 0 Å². The van der Waals surface area contributed by atoms with Crippen molar-refractivity contribution in [3.8, 4) is 0 Å². The molecule has 0 aliphatic carbocycles. The highest BCUT2D eigenvalue weighted by Gasteiger charge is 2.59. The first-order valence-electron chi connectivity index (χ1n) is 6.70.